The van der Waals surface area contributed by atoms with Gasteiger partial charge in [-0.25, -0.2) is 0 Å². The topological polar surface area (TPSA) is 95.6 Å². The highest BCUT2D eigenvalue weighted by Gasteiger charge is 2.42. The van der Waals surface area contributed by atoms with E-state index in [0.717, 1.165) is 4.90 Å². The Balaban J connectivity index is 1.81. The summed E-state index contributed by atoms with van der Waals surface area (Å²) in [6.07, 6.45) is -5.02. The van der Waals surface area contributed by atoms with E-state index in [2.05, 4.69) is 5.32 Å². The molecule has 1 heterocycles. The van der Waals surface area contributed by atoms with Crippen LogP contribution < -0.4 is 10.6 Å². The van der Waals surface area contributed by atoms with E-state index in [4.69, 9.17) is 0 Å². The van der Waals surface area contributed by atoms with E-state index < -0.39 is 41.9 Å². The predicted octanol–water partition coefficient (Wildman–Crippen LogP) is 3.51. The Morgan fingerprint density at radius 2 is 1.56 bits per heavy atom. The van der Waals surface area contributed by atoms with Crippen molar-refractivity contribution in [3.63, 3.8) is 0 Å². The second kappa shape index (κ2) is 8.10. The van der Waals surface area contributed by atoms with Crippen LogP contribution in [0.25, 0.3) is 0 Å². The molecule has 0 bridgehead atoms. The Morgan fingerprint density at radius 1 is 0.938 bits per heavy atom. The van der Waals surface area contributed by atoms with Gasteiger partial charge in [0.25, 0.3) is 17.7 Å². The minimum atomic E-state index is -5.02. The summed E-state index contributed by atoms with van der Waals surface area (Å²) in [5.41, 5.74) is 0.0915. The van der Waals surface area contributed by atoms with Crippen LogP contribution in [0.2, 0.25) is 0 Å². The van der Waals surface area contributed by atoms with Gasteiger partial charge in [-0.1, -0.05) is 18.2 Å². The zero-order valence-corrected chi connectivity index (χ0v) is 17.5. The van der Waals surface area contributed by atoms with Crippen LogP contribution in [-0.4, -0.2) is 40.2 Å². The number of fused-ring (bicyclic) bond motifs is 1. The summed E-state index contributed by atoms with van der Waals surface area (Å²) in [6, 6.07) is 10.1. The largest absolute Gasteiger partial charge is 0.471 e. The van der Waals surface area contributed by atoms with Crippen LogP contribution in [-0.2, 0) is 11.3 Å². The molecule has 10 heteroatoms. The summed E-state index contributed by atoms with van der Waals surface area (Å²) in [6.45, 7) is 4.71. The van der Waals surface area contributed by atoms with Crippen molar-refractivity contribution < 1.29 is 32.3 Å². The predicted molar refractivity (Wildman–Crippen MR) is 109 cm³/mol. The first-order valence-electron chi connectivity index (χ1n) is 9.58. The van der Waals surface area contributed by atoms with Crippen LogP contribution in [0.3, 0.4) is 0 Å². The molecule has 2 aromatic carbocycles. The third-order valence-electron chi connectivity index (χ3n) is 4.78. The van der Waals surface area contributed by atoms with Gasteiger partial charge in [0.1, 0.15) is 0 Å². The molecule has 0 fully saturated rings. The summed E-state index contributed by atoms with van der Waals surface area (Å²) >= 11 is 0. The minimum Gasteiger partial charge on any atom is -0.344 e. The number of halogens is 3. The van der Waals surface area contributed by atoms with Crippen molar-refractivity contribution in [3.05, 3.63) is 64.7 Å². The van der Waals surface area contributed by atoms with Gasteiger partial charge in [-0.15, -0.1) is 0 Å². The Kier molecular flexibility index (Phi) is 5.82. The van der Waals surface area contributed by atoms with Gasteiger partial charge in [0, 0.05) is 23.3 Å². The molecule has 7 nitrogen and oxygen atoms in total. The second-order valence-electron chi connectivity index (χ2n) is 8.17. The average Bonchev–Trinajstić information content (AvgIpc) is 2.96. The number of rotatable bonds is 4. The lowest BCUT2D eigenvalue weighted by Crippen LogP contribution is -2.45. The number of anilines is 1. The molecule has 0 radical (unpaired) electrons. The lowest BCUT2D eigenvalue weighted by atomic mass is 10.0. The number of para-hydroxylation sites is 1. The molecule has 0 aromatic heterocycles. The first-order valence-corrected chi connectivity index (χ1v) is 9.58. The molecule has 4 amide bonds. The monoisotopic (exact) mass is 447 g/mol. The summed E-state index contributed by atoms with van der Waals surface area (Å²) in [7, 11) is 0. The van der Waals surface area contributed by atoms with E-state index in [9.17, 15) is 32.3 Å². The lowest BCUT2D eigenvalue weighted by molar-refractivity contribution is -0.173. The molecular weight excluding hydrogens is 427 g/mol. The molecule has 0 saturated carbocycles. The molecule has 1 aliphatic heterocycles. The molecule has 0 spiro atoms. The molecule has 32 heavy (non-hydrogen) atoms. The molecule has 0 aliphatic carbocycles. The fourth-order valence-electron chi connectivity index (χ4n) is 3.26. The summed E-state index contributed by atoms with van der Waals surface area (Å²) < 4.78 is 37.3. The fourth-order valence-corrected chi connectivity index (χ4v) is 3.26. The van der Waals surface area contributed by atoms with Crippen molar-refractivity contribution >= 4 is 29.3 Å². The Morgan fingerprint density at radius 3 is 2.19 bits per heavy atom. The maximum atomic E-state index is 12.7. The number of carbonyl (C=O) groups excluding carboxylic acids is 4. The fraction of sp³-hybridized carbons (Fsp3) is 0.273. The molecule has 0 unspecified atom stereocenters. The van der Waals surface area contributed by atoms with E-state index in [0.29, 0.717) is 0 Å². The van der Waals surface area contributed by atoms with E-state index in [1.165, 1.54) is 30.3 Å². The van der Waals surface area contributed by atoms with Gasteiger partial charge >= 0.3 is 12.1 Å². The van der Waals surface area contributed by atoms with Crippen LogP contribution in [0, 0.1) is 0 Å². The van der Waals surface area contributed by atoms with E-state index in [-0.39, 0.29) is 27.9 Å². The highest BCUT2D eigenvalue weighted by molar-refractivity contribution is 6.22. The quantitative estimate of drug-likeness (QED) is 0.702. The maximum Gasteiger partial charge on any atom is 0.471 e. The van der Waals surface area contributed by atoms with E-state index >= 15 is 0 Å². The molecular formula is C22H20F3N3O4. The average molecular weight is 447 g/mol. The van der Waals surface area contributed by atoms with Crippen molar-refractivity contribution in [1.29, 1.82) is 0 Å². The SMILES string of the molecule is CC(C)(C)N1C(=O)c2ccc(C(=O)Nc3ccccc3CNC(=O)C(F)(F)F)cc2C1=O. The molecule has 3 rings (SSSR count). The number of nitrogens with zero attached hydrogens (tertiary/aromatic N) is 1. The zero-order chi connectivity index (χ0) is 23.8. The van der Waals surface area contributed by atoms with Gasteiger partial charge in [-0.2, -0.15) is 13.2 Å². The summed E-state index contributed by atoms with van der Waals surface area (Å²) in [4.78, 5) is 50.2. The lowest BCUT2D eigenvalue weighted by Gasteiger charge is -2.29. The maximum absolute atomic E-state index is 12.7. The number of imide groups is 1. The van der Waals surface area contributed by atoms with Crippen molar-refractivity contribution in [1.82, 2.24) is 10.2 Å². The molecule has 1 aliphatic rings. The molecule has 0 saturated heterocycles. The van der Waals surface area contributed by atoms with Crippen LogP contribution in [0.15, 0.2) is 42.5 Å². The third kappa shape index (κ3) is 4.48. The standard InChI is InChI=1S/C22H20F3N3O4/c1-21(2,3)28-18(30)14-9-8-12(10-15(14)19(28)31)17(29)27-16-7-5-4-6-13(16)11-26-20(32)22(23,24)25/h4-10H,11H2,1-3H3,(H,26,32)(H,27,29). The van der Waals surface area contributed by atoms with Crippen LogP contribution >= 0.6 is 0 Å². The molecule has 0 atom stereocenters. The van der Waals surface area contributed by atoms with Gasteiger partial charge < -0.3 is 10.6 Å². The first kappa shape index (κ1) is 23.0. The number of carbonyl (C=O) groups is 4. The van der Waals surface area contributed by atoms with Crippen molar-refractivity contribution in [2.24, 2.45) is 0 Å². The van der Waals surface area contributed by atoms with Crippen molar-refractivity contribution in [2.45, 2.75) is 39.0 Å². The van der Waals surface area contributed by atoms with Gasteiger partial charge in [0.05, 0.1) is 11.1 Å². The van der Waals surface area contributed by atoms with E-state index in [1.54, 1.807) is 38.2 Å². The summed E-state index contributed by atoms with van der Waals surface area (Å²) in [5, 5.41) is 4.32. The van der Waals surface area contributed by atoms with Crippen molar-refractivity contribution in [3.8, 4) is 0 Å². The molecule has 2 aromatic rings. The number of hydrogen-bond donors (Lipinski definition) is 2. The zero-order valence-electron chi connectivity index (χ0n) is 17.5. The van der Waals surface area contributed by atoms with Crippen LogP contribution in [0.5, 0.6) is 0 Å². The second-order valence-corrected chi connectivity index (χ2v) is 8.17. The van der Waals surface area contributed by atoms with Crippen LogP contribution in [0.4, 0.5) is 18.9 Å². The van der Waals surface area contributed by atoms with Gasteiger partial charge in [-0.3, -0.25) is 24.1 Å². The first-order chi connectivity index (χ1) is 14.8. The van der Waals surface area contributed by atoms with Gasteiger partial charge in [0.2, 0.25) is 0 Å². The number of alkyl halides is 3. The van der Waals surface area contributed by atoms with Gasteiger partial charge in [0.15, 0.2) is 0 Å². The van der Waals surface area contributed by atoms with Crippen LogP contribution in [0.1, 0.15) is 57.4 Å². The van der Waals surface area contributed by atoms with E-state index in [1.807, 2.05) is 0 Å². The Bertz CT molecular complexity index is 1120. The minimum absolute atomic E-state index is 0.0924. The Hall–Kier alpha value is -3.69. The summed E-state index contributed by atoms with van der Waals surface area (Å²) in [5.74, 6) is -3.68. The number of hydrogen-bond acceptors (Lipinski definition) is 4. The molecule has 2 N–H and O–H groups in total. The van der Waals surface area contributed by atoms with Crippen molar-refractivity contribution in [2.75, 3.05) is 5.32 Å². The van der Waals surface area contributed by atoms with Gasteiger partial charge in [-0.05, 0) is 50.6 Å². The number of amides is 4. The number of nitrogens with one attached hydrogen (secondary N) is 2. The number of benzene rings is 2. The normalized spacial score (nSPS) is 13.8. The molecule has 168 valence electrons. The highest BCUT2D eigenvalue weighted by atomic mass is 19.4. The Labute approximate surface area is 181 Å². The smallest absolute Gasteiger partial charge is 0.344 e. The highest BCUT2D eigenvalue weighted by Crippen LogP contribution is 2.30. The third-order valence-corrected chi connectivity index (χ3v) is 4.78.